The van der Waals surface area contributed by atoms with E-state index >= 15 is 0 Å². The quantitative estimate of drug-likeness (QED) is 0.458. The van der Waals surface area contributed by atoms with E-state index in [1.165, 1.54) is 6.20 Å². The van der Waals surface area contributed by atoms with Gasteiger partial charge in [0.2, 0.25) is 5.78 Å². The first-order chi connectivity index (χ1) is 11.3. The summed E-state index contributed by atoms with van der Waals surface area (Å²) in [6.45, 7) is -0.718. The van der Waals surface area contributed by atoms with Crippen LogP contribution in [0.25, 0.3) is 10.9 Å². The van der Waals surface area contributed by atoms with Crippen molar-refractivity contribution >= 4 is 32.6 Å². The molecule has 1 heterocycles. The summed E-state index contributed by atoms with van der Waals surface area (Å²) in [5.74, 6) is -0.196. The maximum Gasteiger partial charge on any atom is 0.272 e. The Labute approximate surface area is 145 Å². The molecule has 1 N–H and O–H groups in total. The molecule has 1 aromatic carbocycles. The largest absolute Gasteiger partial charge is 0.486 e. The standard InChI is InChI=1S/C16H14BrF2N3O2/c1-22(2)7-10(6-20)16(23)13-3-9-4-14(24-8-15(18)19)11(17)5-12(9)21-13/h3-5,7,15,21H,8H2,1-2H3. The number of hydrogen-bond acceptors (Lipinski definition) is 4. The summed E-state index contributed by atoms with van der Waals surface area (Å²) >= 11 is 3.24. The second-order valence-corrected chi connectivity index (χ2v) is 6.06. The SMILES string of the molecule is CN(C)C=C(C#N)C(=O)c1cc2cc(OCC(F)F)c(Br)cc2[nH]1. The molecule has 0 aliphatic heterocycles. The fraction of sp³-hybridized carbons (Fsp3) is 0.250. The molecular formula is C16H14BrF2N3O2. The lowest BCUT2D eigenvalue weighted by atomic mass is 10.1. The van der Waals surface area contributed by atoms with Crippen LogP contribution in [-0.2, 0) is 0 Å². The molecular weight excluding hydrogens is 384 g/mol. The van der Waals surface area contributed by atoms with Crippen molar-refractivity contribution in [1.29, 1.82) is 5.26 Å². The number of rotatable bonds is 6. The number of carbonyl (C=O) groups excluding carboxylic acids is 1. The molecule has 5 nitrogen and oxygen atoms in total. The number of Topliss-reactive ketones (excluding diaryl/α,β-unsaturated/α-hetero) is 1. The number of halogens is 3. The molecule has 2 rings (SSSR count). The van der Waals surface area contributed by atoms with Crippen molar-refractivity contribution in [3.05, 3.63) is 40.1 Å². The number of hydrogen-bond donors (Lipinski definition) is 1. The predicted octanol–water partition coefficient (Wildman–Crippen LogP) is 3.73. The molecule has 0 unspecified atom stereocenters. The van der Waals surface area contributed by atoms with Crippen molar-refractivity contribution in [2.45, 2.75) is 6.43 Å². The number of allylic oxidation sites excluding steroid dienone is 1. The van der Waals surface area contributed by atoms with E-state index in [2.05, 4.69) is 20.9 Å². The molecule has 0 saturated heterocycles. The van der Waals surface area contributed by atoms with Crippen LogP contribution in [0.15, 0.2) is 34.4 Å². The Bertz CT molecular complexity index is 838. The first-order valence-corrected chi connectivity index (χ1v) is 7.67. The van der Waals surface area contributed by atoms with Crippen LogP contribution < -0.4 is 4.74 Å². The Morgan fingerprint density at radius 3 is 2.75 bits per heavy atom. The fourth-order valence-electron chi connectivity index (χ4n) is 2.06. The number of alkyl halides is 2. The molecule has 0 bridgehead atoms. The lowest BCUT2D eigenvalue weighted by Crippen LogP contribution is -2.09. The van der Waals surface area contributed by atoms with Gasteiger partial charge in [0, 0.05) is 31.2 Å². The number of H-pyrrole nitrogens is 1. The first-order valence-electron chi connectivity index (χ1n) is 6.88. The van der Waals surface area contributed by atoms with Gasteiger partial charge in [-0.1, -0.05) is 0 Å². The second kappa shape index (κ2) is 7.45. The minimum absolute atomic E-state index is 0.0141. The molecule has 24 heavy (non-hydrogen) atoms. The van der Waals surface area contributed by atoms with Crippen LogP contribution in [0, 0.1) is 11.3 Å². The summed E-state index contributed by atoms with van der Waals surface area (Å²) in [5.41, 5.74) is 0.842. The average Bonchev–Trinajstić information content (AvgIpc) is 2.91. The molecule has 126 valence electrons. The number of benzene rings is 1. The van der Waals surface area contributed by atoms with Crippen molar-refractivity contribution in [2.24, 2.45) is 0 Å². The van der Waals surface area contributed by atoms with Gasteiger partial charge in [-0.05, 0) is 34.1 Å². The lowest BCUT2D eigenvalue weighted by Gasteiger charge is -2.07. The van der Waals surface area contributed by atoms with Gasteiger partial charge in [-0.3, -0.25) is 4.79 Å². The third-order valence-electron chi connectivity index (χ3n) is 3.04. The van der Waals surface area contributed by atoms with Crippen LogP contribution in [0.3, 0.4) is 0 Å². The smallest absolute Gasteiger partial charge is 0.272 e. The van der Waals surface area contributed by atoms with E-state index in [9.17, 15) is 13.6 Å². The second-order valence-electron chi connectivity index (χ2n) is 5.20. The highest BCUT2D eigenvalue weighted by molar-refractivity contribution is 9.10. The number of carbonyl (C=O) groups is 1. The number of aromatic nitrogens is 1. The van der Waals surface area contributed by atoms with Gasteiger partial charge in [0.25, 0.3) is 6.43 Å². The number of nitriles is 1. The number of nitrogens with zero attached hydrogens (tertiary/aromatic N) is 2. The molecule has 1 aromatic heterocycles. The summed E-state index contributed by atoms with van der Waals surface area (Å²) in [4.78, 5) is 16.9. The molecule has 0 amide bonds. The van der Waals surface area contributed by atoms with E-state index in [1.807, 2.05) is 6.07 Å². The maximum absolute atomic E-state index is 12.4. The van der Waals surface area contributed by atoms with Crippen molar-refractivity contribution in [2.75, 3.05) is 20.7 Å². The Morgan fingerprint density at radius 2 is 2.17 bits per heavy atom. The molecule has 0 saturated carbocycles. The highest BCUT2D eigenvalue weighted by Crippen LogP contribution is 2.31. The van der Waals surface area contributed by atoms with Gasteiger partial charge in [0.15, 0.2) is 0 Å². The number of ether oxygens (including phenoxy) is 1. The zero-order chi connectivity index (χ0) is 17.9. The molecule has 0 radical (unpaired) electrons. The van der Waals surface area contributed by atoms with Crippen molar-refractivity contribution < 1.29 is 18.3 Å². The molecule has 2 aromatic rings. The molecule has 0 fully saturated rings. The van der Waals surface area contributed by atoms with Crippen LogP contribution in [0.1, 0.15) is 10.5 Å². The van der Waals surface area contributed by atoms with Gasteiger partial charge in [-0.15, -0.1) is 0 Å². The van der Waals surface area contributed by atoms with Gasteiger partial charge in [-0.2, -0.15) is 5.26 Å². The highest BCUT2D eigenvalue weighted by atomic mass is 79.9. The van der Waals surface area contributed by atoms with Gasteiger partial charge in [-0.25, -0.2) is 8.78 Å². The van der Waals surface area contributed by atoms with E-state index in [4.69, 9.17) is 10.00 Å². The first kappa shape index (κ1) is 17.9. The summed E-state index contributed by atoms with van der Waals surface area (Å²) in [7, 11) is 3.42. The van der Waals surface area contributed by atoms with Gasteiger partial charge < -0.3 is 14.6 Å². The fourth-order valence-corrected chi connectivity index (χ4v) is 2.52. The topological polar surface area (TPSA) is 69.1 Å². The van der Waals surface area contributed by atoms with E-state index in [1.54, 1.807) is 37.2 Å². The van der Waals surface area contributed by atoms with Crippen LogP contribution >= 0.6 is 15.9 Å². The lowest BCUT2D eigenvalue weighted by molar-refractivity contribution is 0.0816. The summed E-state index contributed by atoms with van der Waals surface area (Å²) in [5, 5.41) is 9.73. The Kier molecular flexibility index (Phi) is 5.57. The zero-order valence-corrected chi connectivity index (χ0v) is 14.5. The minimum Gasteiger partial charge on any atom is -0.486 e. The van der Waals surface area contributed by atoms with Crippen LogP contribution in [0.2, 0.25) is 0 Å². The van der Waals surface area contributed by atoms with Crippen LogP contribution in [0.4, 0.5) is 8.78 Å². The summed E-state index contributed by atoms with van der Waals surface area (Å²) in [6, 6.07) is 6.61. The van der Waals surface area contributed by atoms with Crippen molar-refractivity contribution in [1.82, 2.24) is 9.88 Å². The third-order valence-corrected chi connectivity index (χ3v) is 3.65. The number of nitrogens with one attached hydrogen (secondary N) is 1. The van der Waals surface area contributed by atoms with Crippen LogP contribution in [0.5, 0.6) is 5.75 Å². The Morgan fingerprint density at radius 1 is 1.46 bits per heavy atom. The van der Waals surface area contributed by atoms with Crippen molar-refractivity contribution in [3.63, 3.8) is 0 Å². The van der Waals surface area contributed by atoms with Crippen LogP contribution in [-0.4, -0.2) is 42.8 Å². The van der Waals surface area contributed by atoms with Gasteiger partial charge in [0.05, 0.1) is 10.2 Å². The Hall–Kier alpha value is -2.40. The van der Waals surface area contributed by atoms with E-state index < -0.39 is 18.8 Å². The average molecular weight is 398 g/mol. The molecule has 0 aliphatic carbocycles. The third kappa shape index (κ3) is 4.11. The zero-order valence-electron chi connectivity index (χ0n) is 12.9. The number of aromatic amines is 1. The van der Waals surface area contributed by atoms with Gasteiger partial charge in [0.1, 0.15) is 24.0 Å². The van der Waals surface area contributed by atoms with Gasteiger partial charge >= 0.3 is 0 Å². The van der Waals surface area contributed by atoms with E-state index in [0.29, 0.717) is 15.4 Å². The molecule has 0 spiro atoms. The molecule has 0 atom stereocenters. The van der Waals surface area contributed by atoms with E-state index in [0.717, 1.165) is 0 Å². The highest BCUT2D eigenvalue weighted by Gasteiger charge is 2.16. The predicted molar refractivity (Wildman–Crippen MR) is 89.2 cm³/mol. The summed E-state index contributed by atoms with van der Waals surface area (Å²) in [6.07, 6.45) is -1.15. The molecule has 0 aliphatic rings. The number of fused-ring (bicyclic) bond motifs is 1. The maximum atomic E-state index is 12.4. The minimum atomic E-state index is -2.58. The normalized spacial score (nSPS) is 11.6. The number of ketones is 1. The van der Waals surface area contributed by atoms with Crippen molar-refractivity contribution in [3.8, 4) is 11.8 Å². The van der Waals surface area contributed by atoms with E-state index in [-0.39, 0.29) is 17.0 Å². The summed E-state index contributed by atoms with van der Waals surface area (Å²) < 4.78 is 30.1. The Balaban J connectivity index is 2.38. The monoisotopic (exact) mass is 397 g/mol. The molecule has 8 heteroatoms.